The minimum atomic E-state index is -2.03. The lowest BCUT2D eigenvalue weighted by Gasteiger charge is -2.36. The number of allylic oxidation sites excluding steroid dienone is 1. The van der Waals surface area contributed by atoms with Gasteiger partial charge in [-0.25, -0.2) is 9.18 Å². The molecule has 4 atom stereocenters. The van der Waals surface area contributed by atoms with Gasteiger partial charge in [-0.2, -0.15) is 0 Å². The smallest absolute Gasteiger partial charge is 0.337 e. The highest BCUT2D eigenvalue weighted by Gasteiger charge is 2.58. The van der Waals surface area contributed by atoms with Crippen LogP contribution in [0.5, 0.6) is 0 Å². The summed E-state index contributed by atoms with van der Waals surface area (Å²) in [5, 5.41) is 2.50. The quantitative estimate of drug-likeness (QED) is 0.468. The highest BCUT2D eigenvalue weighted by Crippen LogP contribution is 2.41. The first kappa shape index (κ1) is 18.9. The molecule has 1 fully saturated rings. The van der Waals surface area contributed by atoms with E-state index in [-0.39, 0.29) is 17.3 Å². The monoisotopic (exact) mass is 350 g/mol. The van der Waals surface area contributed by atoms with Gasteiger partial charge in [0.1, 0.15) is 11.9 Å². The van der Waals surface area contributed by atoms with Crippen molar-refractivity contribution in [3.63, 3.8) is 0 Å². The van der Waals surface area contributed by atoms with Crippen molar-refractivity contribution in [2.75, 3.05) is 0 Å². The van der Waals surface area contributed by atoms with Crippen LogP contribution in [0.4, 0.5) is 4.39 Å². The van der Waals surface area contributed by atoms with Crippen molar-refractivity contribution in [3.05, 3.63) is 49.0 Å². The highest BCUT2D eigenvalue weighted by atomic mass is 19.1. The summed E-state index contributed by atoms with van der Waals surface area (Å²) in [6.07, 6.45) is 3.40. The summed E-state index contributed by atoms with van der Waals surface area (Å²) < 4.78 is 26.7. The van der Waals surface area contributed by atoms with Gasteiger partial charge in [0.05, 0.1) is 5.57 Å². The zero-order valence-electron chi connectivity index (χ0n) is 14.6. The van der Waals surface area contributed by atoms with Gasteiger partial charge in [-0.1, -0.05) is 32.2 Å². The Morgan fingerprint density at radius 2 is 2.28 bits per heavy atom. The Hall–Kier alpha value is -2.41. The molecule has 25 heavy (non-hydrogen) atoms. The van der Waals surface area contributed by atoms with Crippen molar-refractivity contribution in [1.29, 1.82) is 0 Å². The zero-order chi connectivity index (χ0) is 18.8. The number of ether oxygens (including phenoxy) is 2. The maximum Gasteiger partial charge on any atom is 0.337 e. The molecule has 1 amide bonds. The first-order chi connectivity index (χ1) is 11.7. The molecule has 136 valence electrons. The van der Waals surface area contributed by atoms with E-state index >= 15 is 4.39 Å². The van der Waals surface area contributed by atoms with E-state index in [0.29, 0.717) is 6.42 Å². The average Bonchev–Trinajstić information content (AvgIpc) is 2.79. The Balaban J connectivity index is 2.25. The lowest BCUT2D eigenvalue weighted by atomic mass is 9.96. The molecule has 1 N–H and O–H groups in total. The molecule has 2 aliphatic heterocycles. The average molecular weight is 350 g/mol. The number of carbonyl (C=O) groups is 2. The van der Waals surface area contributed by atoms with E-state index in [1.165, 1.54) is 30.2 Å². The molecule has 0 aromatic heterocycles. The summed E-state index contributed by atoms with van der Waals surface area (Å²) >= 11 is 0. The molecule has 0 spiro atoms. The third kappa shape index (κ3) is 3.66. The van der Waals surface area contributed by atoms with E-state index in [2.05, 4.69) is 18.5 Å². The topological polar surface area (TPSA) is 67.9 Å². The first-order valence-electron chi connectivity index (χ1n) is 8.05. The zero-order valence-corrected chi connectivity index (χ0v) is 14.6. The largest absolute Gasteiger partial charge is 0.452 e. The predicted octanol–water partition coefficient (Wildman–Crippen LogP) is 2.31. The van der Waals surface area contributed by atoms with Crippen LogP contribution in [-0.4, -0.2) is 40.9 Å². The Morgan fingerprint density at radius 1 is 1.60 bits per heavy atom. The van der Waals surface area contributed by atoms with Gasteiger partial charge in [-0.15, -0.1) is 0 Å². The lowest BCUT2D eigenvalue weighted by Crippen LogP contribution is -2.52. The Labute approximate surface area is 146 Å². The van der Waals surface area contributed by atoms with Gasteiger partial charge in [-0.3, -0.25) is 4.79 Å². The molecule has 0 aromatic carbocycles. The number of nitrogens with zero attached hydrogens (tertiary/aromatic N) is 1. The van der Waals surface area contributed by atoms with Crippen molar-refractivity contribution in [3.8, 4) is 0 Å². The van der Waals surface area contributed by atoms with Crippen LogP contribution >= 0.6 is 0 Å². The van der Waals surface area contributed by atoms with Gasteiger partial charge in [0.25, 0.3) is 5.91 Å². The highest BCUT2D eigenvalue weighted by molar-refractivity contribution is 5.91. The lowest BCUT2D eigenvalue weighted by molar-refractivity contribution is -0.152. The van der Waals surface area contributed by atoms with Crippen molar-refractivity contribution in [1.82, 2.24) is 10.2 Å². The van der Waals surface area contributed by atoms with Crippen LogP contribution in [0.15, 0.2) is 49.0 Å². The first-order valence-corrected chi connectivity index (χ1v) is 8.05. The molecule has 0 bridgehead atoms. The van der Waals surface area contributed by atoms with Crippen molar-refractivity contribution >= 4 is 11.9 Å². The maximum atomic E-state index is 15.6. The van der Waals surface area contributed by atoms with Gasteiger partial charge in [0.15, 0.2) is 18.0 Å². The summed E-state index contributed by atoms with van der Waals surface area (Å²) in [7, 11) is 0. The number of nitrogens with one attached hydrogen (secondary N) is 1. The second-order valence-corrected chi connectivity index (χ2v) is 6.10. The van der Waals surface area contributed by atoms with Crippen LogP contribution in [0.3, 0.4) is 0 Å². The molecular formula is C18H23FN2O4. The van der Waals surface area contributed by atoms with Gasteiger partial charge in [0.2, 0.25) is 0 Å². The van der Waals surface area contributed by atoms with E-state index in [1.807, 2.05) is 6.92 Å². The minimum absolute atomic E-state index is 0.131. The molecule has 0 aliphatic carbocycles. The van der Waals surface area contributed by atoms with Gasteiger partial charge in [0, 0.05) is 12.3 Å². The molecule has 6 nitrogen and oxygen atoms in total. The van der Waals surface area contributed by atoms with Crippen LogP contribution in [0.25, 0.3) is 0 Å². The normalized spacial score (nSPS) is 32.2. The third-order valence-corrected chi connectivity index (χ3v) is 4.17. The fourth-order valence-corrected chi connectivity index (χ4v) is 2.88. The number of amides is 1. The van der Waals surface area contributed by atoms with Crippen molar-refractivity contribution in [2.24, 2.45) is 0 Å². The molecule has 0 radical (unpaired) electrons. The van der Waals surface area contributed by atoms with E-state index in [0.717, 1.165) is 0 Å². The minimum Gasteiger partial charge on any atom is -0.452 e. The van der Waals surface area contributed by atoms with Crippen LogP contribution < -0.4 is 5.32 Å². The summed E-state index contributed by atoms with van der Waals surface area (Å²) in [6, 6.07) is 0. The number of halogens is 1. The Bertz CT molecular complexity index is 653. The fourth-order valence-electron chi connectivity index (χ4n) is 2.88. The van der Waals surface area contributed by atoms with Crippen LogP contribution in [0.1, 0.15) is 27.2 Å². The van der Waals surface area contributed by atoms with E-state index in [1.54, 1.807) is 13.0 Å². The predicted molar refractivity (Wildman–Crippen MR) is 90.6 cm³/mol. The molecule has 0 aromatic rings. The van der Waals surface area contributed by atoms with E-state index in [4.69, 9.17) is 9.47 Å². The summed E-state index contributed by atoms with van der Waals surface area (Å²) in [5.74, 6) is -0.852. The number of hydrogen-bond donors (Lipinski definition) is 1. The Kier molecular flexibility index (Phi) is 5.47. The molecule has 7 heteroatoms. The number of rotatable bonds is 5. The van der Waals surface area contributed by atoms with E-state index < -0.39 is 30.1 Å². The Morgan fingerprint density at radius 3 is 2.84 bits per heavy atom. The number of hydrogen-bond acceptors (Lipinski definition) is 5. The summed E-state index contributed by atoms with van der Waals surface area (Å²) in [5.41, 5.74) is -1.90. The van der Waals surface area contributed by atoms with Crippen LogP contribution in [0.2, 0.25) is 0 Å². The third-order valence-electron chi connectivity index (χ3n) is 4.17. The van der Waals surface area contributed by atoms with Gasteiger partial charge in [-0.05, 0) is 20.3 Å². The SMILES string of the molecule is C=C(C=CC)C(=O)OC1C(CC)OC(N2C=CC(=O)NC2=C)C1(C)F. The molecule has 2 aliphatic rings. The van der Waals surface area contributed by atoms with Crippen LogP contribution in [-0.2, 0) is 19.1 Å². The molecular weight excluding hydrogens is 327 g/mol. The second kappa shape index (κ2) is 7.23. The summed E-state index contributed by atoms with van der Waals surface area (Å²) in [4.78, 5) is 24.9. The second-order valence-electron chi connectivity index (χ2n) is 6.10. The fraction of sp³-hybridized carbons (Fsp3) is 0.444. The molecule has 4 unspecified atom stereocenters. The maximum absolute atomic E-state index is 15.6. The van der Waals surface area contributed by atoms with Crippen LogP contribution in [0, 0.1) is 0 Å². The number of esters is 1. The summed E-state index contributed by atoms with van der Waals surface area (Å²) in [6.45, 7) is 12.2. The standard InChI is InChI=1S/C18H23FN2O4/c1-6-8-11(3)16(23)25-15-13(7-2)24-17(18(15,5)19)21-10-9-14(22)20-12(21)4/h6,8-10,13,15,17H,3-4,7H2,1-2,5H3,(H,20,22). The van der Waals surface area contributed by atoms with E-state index in [9.17, 15) is 9.59 Å². The van der Waals surface area contributed by atoms with Crippen molar-refractivity contribution < 1.29 is 23.5 Å². The van der Waals surface area contributed by atoms with Crippen molar-refractivity contribution in [2.45, 2.75) is 51.3 Å². The molecule has 2 rings (SSSR count). The molecule has 1 saturated heterocycles. The number of alkyl halides is 1. The molecule has 0 saturated carbocycles. The van der Waals surface area contributed by atoms with Gasteiger partial charge >= 0.3 is 5.97 Å². The van der Waals surface area contributed by atoms with Gasteiger partial charge < -0.3 is 19.7 Å². The number of carbonyl (C=O) groups excluding carboxylic acids is 2. The molecule has 2 heterocycles.